The quantitative estimate of drug-likeness (QED) is 0.695. The number of ether oxygens (including phenoxy) is 3. The van der Waals surface area contributed by atoms with Gasteiger partial charge in [-0.3, -0.25) is 9.59 Å². The molecule has 0 bridgehead atoms. The number of halogens is 2. The number of rotatable bonds is 8. The molecule has 0 aromatic heterocycles. The van der Waals surface area contributed by atoms with Crippen molar-refractivity contribution >= 4 is 17.6 Å². The van der Waals surface area contributed by atoms with Crippen LogP contribution in [-0.2, 0) is 20.7 Å². The van der Waals surface area contributed by atoms with Crippen LogP contribution in [0.5, 0.6) is 11.5 Å². The van der Waals surface area contributed by atoms with E-state index in [1.54, 1.807) is 18.2 Å². The highest BCUT2D eigenvalue weighted by Crippen LogP contribution is 2.31. The normalized spacial score (nSPS) is 11.5. The van der Waals surface area contributed by atoms with Crippen molar-refractivity contribution < 1.29 is 32.6 Å². The van der Waals surface area contributed by atoms with Gasteiger partial charge in [0.05, 0.1) is 14.2 Å². The highest BCUT2D eigenvalue weighted by molar-refractivity contribution is 5.95. The summed E-state index contributed by atoms with van der Waals surface area (Å²) in [6.07, 6.45) is -0.941. The van der Waals surface area contributed by atoms with Crippen molar-refractivity contribution in [3.63, 3.8) is 0 Å². The van der Waals surface area contributed by atoms with Crippen molar-refractivity contribution in [1.82, 2.24) is 0 Å². The van der Waals surface area contributed by atoms with Crippen LogP contribution in [0.3, 0.4) is 0 Å². The van der Waals surface area contributed by atoms with E-state index in [0.717, 1.165) is 17.7 Å². The zero-order valence-electron chi connectivity index (χ0n) is 15.8. The number of amides is 1. The minimum absolute atomic E-state index is 0.0186. The Morgan fingerprint density at radius 2 is 1.68 bits per heavy atom. The van der Waals surface area contributed by atoms with Crippen molar-refractivity contribution in [3.05, 3.63) is 53.6 Å². The standard InChI is InChI=1S/C20H21F2NO5/c1-12(20(25)23-18-14(21)7-5-8-15(18)22)28-17(24)11-10-13-6-4-9-16(26-2)19(13)27-3/h4-9,12H,10-11H2,1-3H3,(H,23,25)/t12-/m1/s1. The number of nitrogens with one attached hydrogen (secondary N) is 1. The van der Waals surface area contributed by atoms with Crippen LogP contribution in [0.1, 0.15) is 18.9 Å². The molecular weight excluding hydrogens is 372 g/mol. The minimum atomic E-state index is -1.22. The van der Waals surface area contributed by atoms with Crippen LogP contribution in [0.25, 0.3) is 0 Å². The van der Waals surface area contributed by atoms with E-state index < -0.39 is 35.3 Å². The molecule has 0 fully saturated rings. The number of carbonyl (C=O) groups excluding carboxylic acids is 2. The third-order valence-corrected chi connectivity index (χ3v) is 3.97. The van der Waals surface area contributed by atoms with Gasteiger partial charge in [-0.25, -0.2) is 8.78 Å². The summed E-state index contributed by atoms with van der Waals surface area (Å²) in [7, 11) is 3.00. The molecule has 2 aromatic carbocycles. The number of anilines is 1. The molecule has 28 heavy (non-hydrogen) atoms. The predicted molar refractivity (Wildman–Crippen MR) is 98.4 cm³/mol. The smallest absolute Gasteiger partial charge is 0.306 e. The lowest BCUT2D eigenvalue weighted by molar-refractivity contribution is -0.153. The third-order valence-electron chi connectivity index (χ3n) is 3.97. The first-order chi connectivity index (χ1) is 13.4. The summed E-state index contributed by atoms with van der Waals surface area (Å²) in [6.45, 7) is 1.32. The van der Waals surface area contributed by atoms with Crippen LogP contribution in [-0.4, -0.2) is 32.2 Å². The van der Waals surface area contributed by atoms with E-state index in [0.29, 0.717) is 17.9 Å². The van der Waals surface area contributed by atoms with E-state index in [4.69, 9.17) is 14.2 Å². The monoisotopic (exact) mass is 393 g/mol. The molecule has 8 heteroatoms. The average molecular weight is 393 g/mol. The number of carbonyl (C=O) groups is 2. The molecule has 0 aliphatic carbocycles. The maximum atomic E-state index is 13.6. The van der Waals surface area contributed by atoms with Crippen molar-refractivity contribution in [1.29, 1.82) is 0 Å². The Morgan fingerprint density at radius 3 is 2.29 bits per heavy atom. The molecule has 0 saturated carbocycles. The Balaban J connectivity index is 1.93. The van der Waals surface area contributed by atoms with Gasteiger partial charge in [-0.2, -0.15) is 0 Å². The van der Waals surface area contributed by atoms with Gasteiger partial charge in [0, 0.05) is 6.42 Å². The van der Waals surface area contributed by atoms with Gasteiger partial charge in [-0.1, -0.05) is 18.2 Å². The topological polar surface area (TPSA) is 73.9 Å². The fraction of sp³-hybridized carbons (Fsp3) is 0.300. The van der Waals surface area contributed by atoms with E-state index in [-0.39, 0.29) is 6.42 Å². The molecular formula is C20H21F2NO5. The Bertz CT molecular complexity index is 836. The van der Waals surface area contributed by atoms with Gasteiger partial charge in [-0.15, -0.1) is 0 Å². The number of methoxy groups -OCH3 is 2. The van der Waals surface area contributed by atoms with Crippen molar-refractivity contribution in [2.24, 2.45) is 0 Å². The molecule has 0 saturated heterocycles. The van der Waals surface area contributed by atoms with Crippen LogP contribution in [0.2, 0.25) is 0 Å². The largest absolute Gasteiger partial charge is 0.493 e. The number of hydrogen-bond acceptors (Lipinski definition) is 5. The number of esters is 1. The lowest BCUT2D eigenvalue weighted by Gasteiger charge is -2.15. The summed E-state index contributed by atoms with van der Waals surface area (Å²) in [5.41, 5.74) is 0.154. The summed E-state index contributed by atoms with van der Waals surface area (Å²) in [4.78, 5) is 24.1. The summed E-state index contributed by atoms with van der Waals surface area (Å²) in [6, 6.07) is 8.48. The molecule has 0 aliphatic rings. The highest BCUT2D eigenvalue weighted by atomic mass is 19.1. The van der Waals surface area contributed by atoms with Crippen molar-refractivity contribution in [3.8, 4) is 11.5 Å². The predicted octanol–water partition coefficient (Wildman–Crippen LogP) is 3.49. The molecule has 2 rings (SSSR count). The molecule has 150 valence electrons. The molecule has 0 aliphatic heterocycles. The number of para-hydroxylation sites is 2. The molecule has 0 heterocycles. The van der Waals surface area contributed by atoms with E-state index in [1.165, 1.54) is 27.2 Å². The highest BCUT2D eigenvalue weighted by Gasteiger charge is 2.21. The molecule has 1 amide bonds. The van der Waals surface area contributed by atoms with E-state index in [9.17, 15) is 18.4 Å². The second kappa shape index (κ2) is 9.68. The number of hydrogen-bond donors (Lipinski definition) is 1. The minimum Gasteiger partial charge on any atom is -0.493 e. The van der Waals surface area contributed by atoms with Crippen molar-refractivity contribution in [2.45, 2.75) is 25.9 Å². The van der Waals surface area contributed by atoms with E-state index >= 15 is 0 Å². The molecule has 6 nitrogen and oxygen atoms in total. The van der Waals surface area contributed by atoms with E-state index in [2.05, 4.69) is 5.32 Å². The summed E-state index contributed by atoms with van der Waals surface area (Å²) in [5, 5.41) is 2.09. The lowest BCUT2D eigenvalue weighted by Crippen LogP contribution is -2.30. The van der Waals surface area contributed by atoms with Gasteiger partial charge in [-0.05, 0) is 37.1 Å². The van der Waals surface area contributed by atoms with Crippen LogP contribution in [0.4, 0.5) is 14.5 Å². The first kappa shape index (κ1) is 21.1. The van der Waals surface area contributed by atoms with Gasteiger partial charge >= 0.3 is 5.97 Å². The average Bonchev–Trinajstić information content (AvgIpc) is 2.68. The SMILES string of the molecule is COc1cccc(CCC(=O)O[C@H](C)C(=O)Nc2c(F)cccc2F)c1OC. The maximum absolute atomic E-state index is 13.6. The maximum Gasteiger partial charge on any atom is 0.306 e. The van der Waals surface area contributed by atoms with Crippen molar-refractivity contribution in [2.75, 3.05) is 19.5 Å². The zero-order chi connectivity index (χ0) is 20.7. The van der Waals surface area contributed by atoms with Gasteiger partial charge < -0.3 is 19.5 Å². The molecule has 0 radical (unpaired) electrons. The Labute approximate surface area is 161 Å². The third kappa shape index (κ3) is 5.18. The molecule has 1 atom stereocenters. The fourth-order valence-electron chi connectivity index (χ4n) is 2.54. The Kier molecular flexibility index (Phi) is 7.31. The summed E-state index contributed by atoms with van der Waals surface area (Å²) < 4.78 is 42.7. The summed E-state index contributed by atoms with van der Waals surface area (Å²) >= 11 is 0. The Morgan fingerprint density at radius 1 is 1.04 bits per heavy atom. The molecule has 0 spiro atoms. The Hall–Kier alpha value is -3.16. The second-order valence-electron chi connectivity index (χ2n) is 5.87. The van der Waals surface area contributed by atoms with Gasteiger partial charge in [0.15, 0.2) is 17.6 Å². The van der Waals surface area contributed by atoms with Crippen LogP contribution >= 0.6 is 0 Å². The first-order valence-electron chi connectivity index (χ1n) is 8.51. The van der Waals surface area contributed by atoms with Gasteiger partial charge in [0.2, 0.25) is 0 Å². The zero-order valence-corrected chi connectivity index (χ0v) is 15.8. The van der Waals surface area contributed by atoms with Crippen LogP contribution in [0.15, 0.2) is 36.4 Å². The summed E-state index contributed by atoms with van der Waals surface area (Å²) in [5.74, 6) is -2.27. The molecule has 0 unspecified atom stereocenters. The first-order valence-corrected chi connectivity index (χ1v) is 8.51. The van der Waals surface area contributed by atoms with E-state index in [1.807, 2.05) is 0 Å². The van der Waals surface area contributed by atoms with Crippen LogP contribution < -0.4 is 14.8 Å². The second-order valence-corrected chi connectivity index (χ2v) is 5.87. The van der Waals surface area contributed by atoms with Gasteiger partial charge in [0.25, 0.3) is 5.91 Å². The number of aryl methyl sites for hydroxylation is 1. The van der Waals surface area contributed by atoms with Crippen LogP contribution in [0, 0.1) is 11.6 Å². The fourth-order valence-corrected chi connectivity index (χ4v) is 2.54. The number of benzene rings is 2. The molecule has 2 aromatic rings. The molecule has 1 N–H and O–H groups in total. The van der Waals surface area contributed by atoms with Gasteiger partial charge in [0.1, 0.15) is 17.3 Å². The lowest BCUT2D eigenvalue weighted by atomic mass is 10.1.